The molecule has 0 aliphatic carbocycles. The summed E-state index contributed by atoms with van der Waals surface area (Å²) in [4.78, 5) is 40.7. The molecule has 1 saturated heterocycles. The maximum atomic E-state index is 13.0. The highest BCUT2D eigenvalue weighted by Gasteiger charge is 2.34. The minimum Gasteiger partial charge on any atom is -0.454 e. The van der Waals surface area contributed by atoms with Crippen LogP contribution in [0.3, 0.4) is 0 Å². The van der Waals surface area contributed by atoms with E-state index in [0.29, 0.717) is 55.1 Å². The minimum absolute atomic E-state index is 0.00136. The summed E-state index contributed by atoms with van der Waals surface area (Å²) in [7, 11) is 0. The molecule has 4 rings (SSSR count). The normalized spacial score (nSPS) is 16.1. The molecule has 1 unspecified atom stereocenters. The van der Waals surface area contributed by atoms with Gasteiger partial charge in [0.15, 0.2) is 11.5 Å². The Morgan fingerprint density at radius 1 is 1.03 bits per heavy atom. The molecule has 2 aliphatic rings. The zero-order valence-electron chi connectivity index (χ0n) is 19.6. The number of likely N-dealkylation sites (tertiary alicyclic amines) is 1. The smallest absolute Gasteiger partial charge is 0.253 e. The van der Waals surface area contributed by atoms with E-state index in [1.54, 1.807) is 18.2 Å². The van der Waals surface area contributed by atoms with Crippen molar-refractivity contribution in [3.05, 3.63) is 59.2 Å². The molecular formula is C26H31N3O5. The Hall–Kier alpha value is -3.55. The van der Waals surface area contributed by atoms with Gasteiger partial charge in [0.05, 0.1) is 0 Å². The van der Waals surface area contributed by atoms with Crippen LogP contribution in [-0.2, 0) is 4.79 Å². The van der Waals surface area contributed by atoms with E-state index in [2.05, 4.69) is 10.6 Å². The van der Waals surface area contributed by atoms with Crippen molar-refractivity contribution in [3.8, 4) is 11.5 Å². The van der Waals surface area contributed by atoms with Crippen molar-refractivity contribution in [2.24, 2.45) is 5.92 Å². The minimum atomic E-state index is -0.680. The van der Waals surface area contributed by atoms with Gasteiger partial charge in [0.25, 0.3) is 11.8 Å². The highest BCUT2D eigenvalue weighted by atomic mass is 16.7. The predicted octanol–water partition coefficient (Wildman–Crippen LogP) is 2.90. The van der Waals surface area contributed by atoms with Gasteiger partial charge in [-0.05, 0) is 62.4 Å². The molecule has 2 heterocycles. The molecule has 2 aromatic rings. The number of ether oxygens (including phenoxy) is 2. The number of rotatable bonds is 7. The average Bonchev–Trinajstić information content (AvgIpc) is 3.33. The quantitative estimate of drug-likeness (QED) is 0.656. The van der Waals surface area contributed by atoms with Crippen LogP contribution in [0.25, 0.3) is 0 Å². The monoisotopic (exact) mass is 465 g/mol. The van der Waals surface area contributed by atoms with E-state index < -0.39 is 6.04 Å². The van der Waals surface area contributed by atoms with Gasteiger partial charge in [-0.15, -0.1) is 0 Å². The molecule has 0 saturated carbocycles. The summed E-state index contributed by atoms with van der Waals surface area (Å²) in [5.41, 5.74) is 2.12. The Morgan fingerprint density at radius 2 is 1.79 bits per heavy atom. The van der Waals surface area contributed by atoms with Crippen LogP contribution in [0.1, 0.15) is 52.5 Å². The van der Waals surface area contributed by atoms with Crippen molar-refractivity contribution >= 4 is 17.7 Å². The molecule has 2 aromatic carbocycles. The number of fused-ring (bicyclic) bond motifs is 1. The molecule has 1 atom stereocenters. The van der Waals surface area contributed by atoms with Gasteiger partial charge in [-0.2, -0.15) is 0 Å². The lowest BCUT2D eigenvalue weighted by Crippen LogP contribution is -2.54. The van der Waals surface area contributed by atoms with Crippen LogP contribution in [0.4, 0.5) is 0 Å². The van der Waals surface area contributed by atoms with E-state index in [1.165, 1.54) is 0 Å². The van der Waals surface area contributed by atoms with Crippen molar-refractivity contribution in [1.82, 2.24) is 15.5 Å². The molecule has 8 heteroatoms. The molecule has 2 aliphatic heterocycles. The van der Waals surface area contributed by atoms with Crippen LogP contribution in [0, 0.1) is 12.8 Å². The first kappa shape index (κ1) is 23.6. The number of carbonyl (C=O) groups excluding carboxylic acids is 3. The SMILES string of the molecule is CCCNC(=O)C(NC(=O)c1ccc2c(c1)OCO2)C1CCN(C(=O)c2cccc(C)c2)CC1. The van der Waals surface area contributed by atoms with Crippen LogP contribution in [0.15, 0.2) is 42.5 Å². The number of aryl methyl sites for hydroxylation is 1. The molecule has 0 spiro atoms. The summed E-state index contributed by atoms with van der Waals surface area (Å²) in [6.45, 7) is 5.69. The van der Waals surface area contributed by atoms with E-state index in [0.717, 1.165) is 12.0 Å². The number of nitrogens with one attached hydrogen (secondary N) is 2. The maximum Gasteiger partial charge on any atom is 0.253 e. The highest BCUT2D eigenvalue weighted by Crippen LogP contribution is 2.32. The van der Waals surface area contributed by atoms with Crippen molar-refractivity contribution in [1.29, 1.82) is 0 Å². The molecule has 180 valence electrons. The second-order valence-electron chi connectivity index (χ2n) is 8.81. The topological polar surface area (TPSA) is 97.0 Å². The summed E-state index contributed by atoms with van der Waals surface area (Å²) in [5, 5.41) is 5.85. The third kappa shape index (κ3) is 5.32. The Morgan fingerprint density at radius 3 is 2.53 bits per heavy atom. The second-order valence-corrected chi connectivity index (χ2v) is 8.81. The first-order valence-corrected chi connectivity index (χ1v) is 11.8. The third-order valence-electron chi connectivity index (χ3n) is 6.32. The summed E-state index contributed by atoms with van der Waals surface area (Å²) in [6, 6.07) is 11.9. The van der Waals surface area contributed by atoms with Crippen LogP contribution in [0.5, 0.6) is 11.5 Å². The van der Waals surface area contributed by atoms with E-state index in [-0.39, 0.29) is 30.4 Å². The first-order chi connectivity index (χ1) is 16.5. The Kier molecular flexibility index (Phi) is 7.35. The van der Waals surface area contributed by atoms with Crippen molar-refractivity contribution in [2.45, 2.75) is 39.2 Å². The Bertz CT molecular complexity index is 1060. The van der Waals surface area contributed by atoms with Crippen molar-refractivity contribution in [2.75, 3.05) is 26.4 Å². The first-order valence-electron chi connectivity index (χ1n) is 11.8. The van der Waals surface area contributed by atoms with E-state index in [1.807, 2.05) is 43.0 Å². The van der Waals surface area contributed by atoms with Crippen LogP contribution >= 0.6 is 0 Å². The average molecular weight is 466 g/mol. The lowest BCUT2D eigenvalue weighted by molar-refractivity contribution is -0.124. The van der Waals surface area contributed by atoms with Gasteiger partial charge < -0.3 is 25.0 Å². The fraction of sp³-hybridized carbons (Fsp3) is 0.423. The summed E-state index contributed by atoms with van der Waals surface area (Å²) in [6.07, 6.45) is 2.06. The number of piperidine rings is 1. The van der Waals surface area contributed by atoms with Gasteiger partial charge >= 0.3 is 0 Å². The number of carbonyl (C=O) groups is 3. The number of amides is 3. The number of nitrogens with zero attached hydrogens (tertiary/aromatic N) is 1. The standard InChI is InChI=1S/C26H31N3O5/c1-3-11-27-25(31)23(28-24(30)19-7-8-21-22(15-19)34-16-33-21)18-9-12-29(13-10-18)26(32)20-6-4-5-17(2)14-20/h4-8,14-15,18,23H,3,9-13,16H2,1-2H3,(H,27,31)(H,28,30). The lowest BCUT2D eigenvalue weighted by atomic mass is 9.88. The molecule has 3 amide bonds. The molecule has 0 radical (unpaired) electrons. The zero-order chi connectivity index (χ0) is 24.1. The fourth-order valence-electron chi connectivity index (χ4n) is 4.41. The molecule has 0 bridgehead atoms. The van der Waals surface area contributed by atoms with Gasteiger partial charge in [0, 0.05) is 30.8 Å². The third-order valence-corrected chi connectivity index (χ3v) is 6.32. The fourth-order valence-corrected chi connectivity index (χ4v) is 4.41. The number of hydrogen-bond donors (Lipinski definition) is 2. The second kappa shape index (κ2) is 10.6. The summed E-state index contributed by atoms with van der Waals surface area (Å²) in [5.74, 6) is 0.504. The molecule has 2 N–H and O–H groups in total. The highest BCUT2D eigenvalue weighted by molar-refractivity contribution is 5.98. The molecule has 34 heavy (non-hydrogen) atoms. The summed E-state index contributed by atoms with van der Waals surface area (Å²) >= 11 is 0. The number of hydrogen-bond acceptors (Lipinski definition) is 5. The summed E-state index contributed by atoms with van der Waals surface area (Å²) < 4.78 is 10.7. The van der Waals surface area contributed by atoms with Crippen LogP contribution in [0.2, 0.25) is 0 Å². The van der Waals surface area contributed by atoms with Gasteiger partial charge in [-0.25, -0.2) is 0 Å². The lowest BCUT2D eigenvalue weighted by Gasteiger charge is -2.36. The van der Waals surface area contributed by atoms with Crippen LogP contribution < -0.4 is 20.1 Å². The van der Waals surface area contributed by atoms with Gasteiger partial charge in [-0.1, -0.05) is 24.6 Å². The van der Waals surface area contributed by atoms with Crippen molar-refractivity contribution < 1.29 is 23.9 Å². The Balaban J connectivity index is 1.43. The van der Waals surface area contributed by atoms with Gasteiger partial charge in [0.2, 0.25) is 12.7 Å². The molecule has 8 nitrogen and oxygen atoms in total. The van der Waals surface area contributed by atoms with E-state index >= 15 is 0 Å². The maximum absolute atomic E-state index is 13.0. The largest absolute Gasteiger partial charge is 0.454 e. The molecule has 0 aromatic heterocycles. The van der Waals surface area contributed by atoms with E-state index in [9.17, 15) is 14.4 Å². The van der Waals surface area contributed by atoms with E-state index in [4.69, 9.17) is 9.47 Å². The zero-order valence-corrected chi connectivity index (χ0v) is 19.6. The predicted molar refractivity (Wildman–Crippen MR) is 127 cm³/mol. The van der Waals surface area contributed by atoms with Gasteiger partial charge in [-0.3, -0.25) is 14.4 Å². The van der Waals surface area contributed by atoms with Crippen molar-refractivity contribution in [3.63, 3.8) is 0 Å². The Labute approximate surface area is 199 Å². The number of benzene rings is 2. The van der Waals surface area contributed by atoms with Gasteiger partial charge in [0.1, 0.15) is 6.04 Å². The molecule has 1 fully saturated rings. The molecular weight excluding hydrogens is 434 g/mol. The van der Waals surface area contributed by atoms with Crippen LogP contribution in [-0.4, -0.2) is 55.1 Å².